The third-order valence-corrected chi connectivity index (χ3v) is 2.33. The monoisotopic (exact) mass is 255 g/mol. The van der Waals surface area contributed by atoms with Gasteiger partial charge in [0, 0.05) is 6.42 Å². The highest BCUT2D eigenvalue weighted by molar-refractivity contribution is 5.99. The fourth-order valence-corrected chi connectivity index (χ4v) is 1.45. The van der Waals surface area contributed by atoms with Gasteiger partial charge in [-0.1, -0.05) is 0 Å². The molecule has 8 nitrogen and oxygen atoms in total. The van der Waals surface area contributed by atoms with Crippen molar-refractivity contribution in [2.75, 3.05) is 0 Å². The van der Waals surface area contributed by atoms with Crippen LogP contribution in [0.1, 0.15) is 19.3 Å². The number of nitrogens with one attached hydrogen (secondary N) is 3. The highest BCUT2D eigenvalue weighted by Crippen LogP contribution is 2.02. The van der Waals surface area contributed by atoms with E-state index < -0.39 is 18.0 Å². The molecule has 0 saturated carbocycles. The van der Waals surface area contributed by atoms with Gasteiger partial charge in [0.1, 0.15) is 12.6 Å². The van der Waals surface area contributed by atoms with E-state index in [4.69, 9.17) is 0 Å². The minimum Gasteiger partial charge on any atom is -0.347 e. The van der Waals surface area contributed by atoms with E-state index in [0.29, 0.717) is 19.1 Å². The van der Waals surface area contributed by atoms with Gasteiger partial charge in [0.25, 0.3) is 0 Å². The molecule has 2 unspecified atom stereocenters. The maximum absolute atomic E-state index is 10.5. The average molecular weight is 255 g/mol. The molecule has 8 heteroatoms. The summed E-state index contributed by atoms with van der Waals surface area (Å²) in [7, 11) is 0. The number of imide groups is 1. The summed E-state index contributed by atoms with van der Waals surface area (Å²) in [6.07, 6.45) is 2.52. The SMILES string of the molecule is O=CC1CC(=O)NC(=O)N1.O=CC1CCC(=O)N1. The molecule has 0 spiro atoms. The van der Waals surface area contributed by atoms with Gasteiger partial charge < -0.3 is 20.2 Å². The minimum atomic E-state index is -0.652. The fourth-order valence-electron chi connectivity index (χ4n) is 1.45. The number of hydrogen-bond acceptors (Lipinski definition) is 5. The van der Waals surface area contributed by atoms with Gasteiger partial charge in [-0.2, -0.15) is 0 Å². The van der Waals surface area contributed by atoms with Crippen LogP contribution in [0.2, 0.25) is 0 Å². The van der Waals surface area contributed by atoms with E-state index in [1.165, 1.54) is 0 Å². The van der Waals surface area contributed by atoms with Crippen molar-refractivity contribution >= 4 is 30.4 Å². The Morgan fingerprint density at radius 3 is 2.00 bits per heavy atom. The molecule has 2 atom stereocenters. The largest absolute Gasteiger partial charge is 0.347 e. The van der Waals surface area contributed by atoms with Crippen LogP contribution < -0.4 is 16.0 Å². The zero-order valence-corrected chi connectivity index (χ0v) is 9.47. The highest BCUT2D eigenvalue weighted by Gasteiger charge is 2.22. The molecule has 2 heterocycles. The molecule has 0 bridgehead atoms. The van der Waals surface area contributed by atoms with Gasteiger partial charge in [-0.3, -0.25) is 14.9 Å². The molecule has 0 aromatic carbocycles. The van der Waals surface area contributed by atoms with Crippen LogP contribution in [0, 0.1) is 0 Å². The quantitative estimate of drug-likeness (QED) is 0.505. The lowest BCUT2D eigenvalue weighted by atomic mass is 10.2. The highest BCUT2D eigenvalue weighted by atomic mass is 16.2. The van der Waals surface area contributed by atoms with Gasteiger partial charge in [-0.05, 0) is 6.42 Å². The van der Waals surface area contributed by atoms with Gasteiger partial charge in [0.05, 0.1) is 18.5 Å². The van der Waals surface area contributed by atoms with Crippen molar-refractivity contribution in [3.8, 4) is 0 Å². The molecule has 3 N–H and O–H groups in total. The van der Waals surface area contributed by atoms with Crippen molar-refractivity contribution in [3.63, 3.8) is 0 Å². The van der Waals surface area contributed by atoms with Crippen LogP contribution in [0.5, 0.6) is 0 Å². The van der Waals surface area contributed by atoms with Crippen LogP contribution in [0.4, 0.5) is 4.79 Å². The zero-order valence-electron chi connectivity index (χ0n) is 9.47. The molecule has 0 aromatic heterocycles. The van der Waals surface area contributed by atoms with E-state index >= 15 is 0 Å². The van der Waals surface area contributed by atoms with Crippen LogP contribution in [-0.2, 0) is 19.2 Å². The Labute approximate surface area is 102 Å². The zero-order chi connectivity index (χ0) is 13.5. The summed E-state index contributed by atoms with van der Waals surface area (Å²) in [6.45, 7) is 0. The summed E-state index contributed by atoms with van der Waals surface area (Å²) in [5, 5.41) is 6.75. The van der Waals surface area contributed by atoms with Crippen molar-refractivity contribution in [3.05, 3.63) is 0 Å². The number of amides is 4. The van der Waals surface area contributed by atoms with Crippen molar-refractivity contribution in [2.45, 2.75) is 31.3 Å². The van der Waals surface area contributed by atoms with Crippen molar-refractivity contribution in [1.82, 2.24) is 16.0 Å². The van der Waals surface area contributed by atoms with E-state index in [9.17, 15) is 24.0 Å². The van der Waals surface area contributed by atoms with Crippen LogP contribution in [-0.4, -0.2) is 42.5 Å². The second kappa shape index (κ2) is 6.48. The molecule has 0 aromatic rings. The molecule has 0 aliphatic carbocycles. The number of carbonyl (C=O) groups is 5. The van der Waals surface area contributed by atoms with Gasteiger partial charge in [-0.15, -0.1) is 0 Å². The molecule has 98 valence electrons. The Bertz CT molecular complexity index is 366. The first kappa shape index (κ1) is 13.8. The molecule has 2 aliphatic heterocycles. The number of rotatable bonds is 2. The molecular weight excluding hydrogens is 242 g/mol. The van der Waals surface area contributed by atoms with Gasteiger partial charge in [-0.25, -0.2) is 4.79 Å². The number of carbonyl (C=O) groups excluding carboxylic acids is 5. The summed E-state index contributed by atoms with van der Waals surface area (Å²) < 4.78 is 0. The topological polar surface area (TPSA) is 121 Å². The Kier molecular flexibility index (Phi) is 4.97. The molecular formula is C10H13N3O5. The lowest BCUT2D eigenvalue weighted by molar-refractivity contribution is -0.123. The van der Waals surface area contributed by atoms with E-state index in [1.807, 2.05) is 5.32 Å². The first-order chi connectivity index (χ1) is 8.55. The van der Waals surface area contributed by atoms with Gasteiger partial charge in [0.2, 0.25) is 11.8 Å². The van der Waals surface area contributed by atoms with Gasteiger partial charge in [0.15, 0.2) is 0 Å². The Morgan fingerprint density at radius 1 is 0.944 bits per heavy atom. The Hall–Kier alpha value is -2.25. The lowest BCUT2D eigenvalue weighted by Crippen LogP contribution is -2.52. The van der Waals surface area contributed by atoms with E-state index in [-0.39, 0.29) is 18.4 Å². The molecule has 0 radical (unpaired) electrons. The number of aldehydes is 2. The van der Waals surface area contributed by atoms with E-state index in [1.54, 1.807) is 0 Å². The van der Waals surface area contributed by atoms with E-state index in [2.05, 4.69) is 10.6 Å². The average Bonchev–Trinajstić information content (AvgIpc) is 2.74. The predicted octanol–water partition coefficient (Wildman–Crippen LogP) is -1.75. The molecule has 2 fully saturated rings. The standard InChI is InChI=1S/C5H6N2O3.C5H7NO2/c8-2-3-1-4(9)7-5(10)6-3;7-3-4-1-2-5(8)6-4/h2-3H,1H2,(H2,6,7,9,10);3-4H,1-2H2,(H,6,8). The molecule has 2 aliphatic rings. The number of hydrogen-bond donors (Lipinski definition) is 3. The smallest absolute Gasteiger partial charge is 0.322 e. The Morgan fingerprint density at radius 2 is 1.61 bits per heavy atom. The second-order valence-electron chi connectivity index (χ2n) is 3.82. The number of urea groups is 1. The predicted molar refractivity (Wildman–Crippen MR) is 58.4 cm³/mol. The van der Waals surface area contributed by atoms with Crippen LogP contribution in [0.25, 0.3) is 0 Å². The summed E-state index contributed by atoms with van der Waals surface area (Å²) in [4.78, 5) is 51.3. The molecule has 2 rings (SSSR count). The molecule has 2 saturated heterocycles. The third kappa shape index (κ3) is 4.32. The summed E-state index contributed by atoms with van der Waals surface area (Å²) in [5.74, 6) is -0.428. The normalized spacial score (nSPS) is 26.1. The summed E-state index contributed by atoms with van der Waals surface area (Å²) >= 11 is 0. The maximum Gasteiger partial charge on any atom is 0.322 e. The fraction of sp³-hybridized carbons (Fsp3) is 0.500. The third-order valence-electron chi connectivity index (χ3n) is 2.33. The Balaban J connectivity index is 0.000000184. The van der Waals surface area contributed by atoms with Crippen molar-refractivity contribution in [1.29, 1.82) is 0 Å². The van der Waals surface area contributed by atoms with Crippen molar-refractivity contribution < 1.29 is 24.0 Å². The van der Waals surface area contributed by atoms with Crippen LogP contribution in [0.3, 0.4) is 0 Å². The van der Waals surface area contributed by atoms with Crippen LogP contribution >= 0.6 is 0 Å². The first-order valence-electron chi connectivity index (χ1n) is 5.35. The van der Waals surface area contributed by atoms with Crippen molar-refractivity contribution in [2.24, 2.45) is 0 Å². The molecule has 4 amide bonds. The van der Waals surface area contributed by atoms with Crippen LogP contribution in [0.15, 0.2) is 0 Å². The lowest BCUT2D eigenvalue weighted by Gasteiger charge is -2.17. The maximum atomic E-state index is 10.5. The van der Waals surface area contributed by atoms with Gasteiger partial charge >= 0.3 is 6.03 Å². The molecule has 18 heavy (non-hydrogen) atoms. The van der Waals surface area contributed by atoms with E-state index in [0.717, 1.165) is 6.29 Å². The minimum absolute atomic E-state index is 0.0119. The summed E-state index contributed by atoms with van der Waals surface area (Å²) in [5.41, 5.74) is 0. The second-order valence-corrected chi connectivity index (χ2v) is 3.82. The first-order valence-corrected chi connectivity index (χ1v) is 5.35. The summed E-state index contributed by atoms with van der Waals surface area (Å²) in [6, 6.07) is -1.46.